The number of benzene rings is 2. The van der Waals surface area contributed by atoms with E-state index in [2.05, 4.69) is 0 Å². The maximum absolute atomic E-state index is 13.4. The number of carbonyl (C=O) groups is 1. The van der Waals surface area contributed by atoms with Gasteiger partial charge in [-0.1, -0.05) is 48.5 Å². The summed E-state index contributed by atoms with van der Waals surface area (Å²) >= 11 is 1.60. The van der Waals surface area contributed by atoms with Gasteiger partial charge in [0.25, 0.3) is 0 Å². The maximum Gasteiger partial charge on any atom is 0.243 e. The smallest absolute Gasteiger partial charge is 0.243 e. The van der Waals surface area contributed by atoms with Crippen LogP contribution in [-0.4, -0.2) is 50.3 Å². The van der Waals surface area contributed by atoms with Crippen LogP contribution in [0.25, 0.3) is 0 Å². The molecule has 0 atom stereocenters. The molecule has 0 aliphatic rings. The lowest BCUT2D eigenvalue weighted by molar-refractivity contribution is -0.132. The van der Waals surface area contributed by atoms with Crippen LogP contribution < -0.4 is 0 Å². The predicted octanol–water partition coefficient (Wildman–Crippen LogP) is 3.92. The summed E-state index contributed by atoms with van der Waals surface area (Å²) in [5, 5.41) is 2.00. The number of amides is 1. The molecular formula is C24H28N2O4S2. The van der Waals surface area contributed by atoms with Crippen molar-refractivity contribution in [3.63, 3.8) is 0 Å². The Labute approximate surface area is 194 Å². The van der Waals surface area contributed by atoms with Crippen molar-refractivity contribution in [2.24, 2.45) is 0 Å². The van der Waals surface area contributed by atoms with Gasteiger partial charge in [0.15, 0.2) is 0 Å². The molecular weight excluding hydrogens is 444 g/mol. The van der Waals surface area contributed by atoms with Crippen LogP contribution in [0.5, 0.6) is 0 Å². The first kappa shape index (κ1) is 24.1. The molecule has 1 aromatic heterocycles. The fraction of sp³-hybridized carbons (Fsp3) is 0.292. The summed E-state index contributed by atoms with van der Waals surface area (Å²) in [7, 11) is -2.33. The fourth-order valence-corrected chi connectivity index (χ4v) is 5.56. The third-order valence-corrected chi connectivity index (χ3v) is 7.98. The lowest BCUT2D eigenvalue weighted by atomic mass is 10.2. The number of methoxy groups -OCH3 is 1. The first-order valence-corrected chi connectivity index (χ1v) is 12.6. The Morgan fingerprint density at radius 3 is 2.22 bits per heavy atom. The Hall–Kier alpha value is -2.52. The zero-order valence-electron chi connectivity index (χ0n) is 18.3. The Morgan fingerprint density at radius 1 is 0.969 bits per heavy atom. The van der Waals surface area contributed by atoms with E-state index in [0.717, 1.165) is 16.0 Å². The summed E-state index contributed by atoms with van der Waals surface area (Å²) in [5.41, 5.74) is 2.11. The van der Waals surface area contributed by atoms with Crippen LogP contribution in [0, 0.1) is 6.92 Å². The molecule has 170 valence electrons. The summed E-state index contributed by atoms with van der Waals surface area (Å²) in [4.78, 5) is 16.4. The maximum atomic E-state index is 13.4. The molecule has 0 radical (unpaired) electrons. The van der Waals surface area contributed by atoms with E-state index in [-0.39, 0.29) is 30.5 Å². The van der Waals surface area contributed by atoms with Gasteiger partial charge < -0.3 is 9.64 Å². The number of rotatable bonds is 11. The van der Waals surface area contributed by atoms with Gasteiger partial charge >= 0.3 is 0 Å². The highest BCUT2D eigenvalue weighted by Crippen LogP contribution is 2.21. The number of carbonyl (C=O) groups excluding carboxylic acids is 1. The molecule has 0 N–H and O–H groups in total. The van der Waals surface area contributed by atoms with Crippen molar-refractivity contribution in [1.82, 2.24) is 9.21 Å². The number of nitrogens with zero attached hydrogens (tertiary/aromatic N) is 2. The molecule has 2 aromatic carbocycles. The summed E-state index contributed by atoms with van der Waals surface area (Å²) in [6.45, 7) is 2.89. The molecule has 0 saturated carbocycles. The number of sulfonamides is 1. The second-order valence-electron chi connectivity index (χ2n) is 7.41. The Bertz CT molecular complexity index is 1100. The average Bonchev–Trinajstić information content (AvgIpc) is 3.21. The Kier molecular flexibility index (Phi) is 8.58. The van der Waals surface area contributed by atoms with Gasteiger partial charge in [-0.3, -0.25) is 4.79 Å². The van der Waals surface area contributed by atoms with E-state index in [4.69, 9.17) is 4.74 Å². The van der Waals surface area contributed by atoms with E-state index in [1.54, 1.807) is 34.4 Å². The monoisotopic (exact) mass is 472 g/mol. The van der Waals surface area contributed by atoms with E-state index in [9.17, 15) is 13.2 Å². The predicted molar refractivity (Wildman–Crippen MR) is 127 cm³/mol. The van der Waals surface area contributed by atoms with Crippen molar-refractivity contribution in [2.75, 3.05) is 26.8 Å². The van der Waals surface area contributed by atoms with Crippen molar-refractivity contribution in [3.8, 4) is 0 Å². The van der Waals surface area contributed by atoms with Crippen molar-refractivity contribution in [1.29, 1.82) is 0 Å². The minimum Gasteiger partial charge on any atom is -0.383 e. The highest BCUT2D eigenvalue weighted by atomic mass is 32.2. The van der Waals surface area contributed by atoms with Gasteiger partial charge in [-0.05, 0) is 41.6 Å². The summed E-state index contributed by atoms with van der Waals surface area (Å²) < 4.78 is 32.8. The first-order valence-electron chi connectivity index (χ1n) is 10.3. The van der Waals surface area contributed by atoms with Crippen LogP contribution >= 0.6 is 11.3 Å². The third-order valence-electron chi connectivity index (χ3n) is 5.11. The lowest BCUT2D eigenvalue weighted by Crippen LogP contribution is -2.43. The lowest BCUT2D eigenvalue weighted by Gasteiger charge is -2.27. The highest BCUT2D eigenvalue weighted by Gasteiger charge is 2.28. The van der Waals surface area contributed by atoms with E-state index in [1.165, 1.54) is 23.5 Å². The second kappa shape index (κ2) is 11.4. The van der Waals surface area contributed by atoms with Crippen LogP contribution in [-0.2, 0) is 32.6 Å². The SMILES string of the molecule is COCCN(CC(=O)N(Cc1ccccc1)Cc1sccc1C)S(=O)(=O)c1ccccc1. The normalized spacial score (nSPS) is 11.6. The summed E-state index contributed by atoms with van der Waals surface area (Å²) in [6, 6.07) is 19.9. The molecule has 0 spiro atoms. The summed E-state index contributed by atoms with van der Waals surface area (Å²) in [6.07, 6.45) is 0. The van der Waals surface area contributed by atoms with Crippen LogP contribution in [0.15, 0.2) is 77.0 Å². The molecule has 3 aromatic rings. The molecule has 0 fully saturated rings. The second-order valence-corrected chi connectivity index (χ2v) is 10.3. The quantitative estimate of drug-likeness (QED) is 0.424. The molecule has 0 aliphatic heterocycles. The van der Waals surface area contributed by atoms with E-state index < -0.39 is 10.0 Å². The van der Waals surface area contributed by atoms with Crippen LogP contribution in [0.1, 0.15) is 16.0 Å². The van der Waals surface area contributed by atoms with Crippen molar-refractivity contribution >= 4 is 27.3 Å². The molecule has 32 heavy (non-hydrogen) atoms. The standard InChI is InChI=1S/C24H28N2O4S2/c1-20-13-16-31-23(20)18-25(17-21-9-5-3-6-10-21)24(27)19-26(14-15-30-2)32(28,29)22-11-7-4-8-12-22/h3-13,16H,14-15,17-19H2,1-2H3. The summed E-state index contributed by atoms with van der Waals surface area (Å²) in [5.74, 6) is -0.253. The Balaban J connectivity index is 1.86. The fourth-order valence-electron chi connectivity index (χ4n) is 3.25. The number of aryl methyl sites for hydroxylation is 1. The minimum atomic E-state index is -3.84. The van der Waals surface area contributed by atoms with Crippen molar-refractivity contribution in [2.45, 2.75) is 24.9 Å². The van der Waals surface area contributed by atoms with Gasteiger partial charge in [0, 0.05) is 25.1 Å². The van der Waals surface area contributed by atoms with Gasteiger partial charge in [0.2, 0.25) is 15.9 Å². The number of hydrogen-bond donors (Lipinski definition) is 0. The topological polar surface area (TPSA) is 66.9 Å². The molecule has 1 heterocycles. The molecule has 0 saturated heterocycles. The van der Waals surface area contributed by atoms with Gasteiger partial charge in [-0.25, -0.2) is 8.42 Å². The van der Waals surface area contributed by atoms with Crippen molar-refractivity contribution in [3.05, 3.63) is 88.1 Å². The first-order chi connectivity index (χ1) is 15.4. The largest absolute Gasteiger partial charge is 0.383 e. The molecule has 0 aliphatic carbocycles. The molecule has 8 heteroatoms. The number of hydrogen-bond acceptors (Lipinski definition) is 5. The minimum absolute atomic E-state index is 0.0939. The van der Waals surface area contributed by atoms with Gasteiger partial charge in [-0.15, -0.1) is 11.3 Å². The van der Waals surface area contributed by atoms with Crippen molar-refractivity contribution < 1.29 is 17.9 Å². The third kappa shape index (κ3) is 6.26. The van der Waals surface area contributed by atoms with Gasteiger partial charge in [0.1, 0.15) is 0 Å². The zero-order valence-corrected chi connectivity index (χ0v) is 19.9. The Morgan fingerprint density at radius 2 is 1.62 bits per heavy atom. The van der Waals surface area contributed by atoms with E-state index in [1.807, 2.05) is 48.7 Å². The van der Waals surface area contributed by atoms with Gasteiger partial charge in [0.05, 0.1) is 24.6 Å². The molecule has 0 bridgehead atoms. The number of ether oxygens (including phenoxy) is 1. The van der Waals surface area contributed by atoms with Crippen LogP contribution in [0.3, 0.4) is 0 Å². The van der Waals surface area contributed by atoms with E-state index >= 15 is 0 Å². The van der Waals surface area contributed by atoms with Gasteiger partial charge in [-0.2, -0.15) is 4.31 Å². The highest BCUT2D eigenvalue weighted by molar-refractivity contribution is 7.89. The molecule has 1 amide bonds. The van der Waals surface area contributed by atoms with Crippen LogP contribution in [0.4, 0.5) is 0 Å². The number of thiophene rings is 1. The molecule has 0 unspecified atom stereocenters. The molecule has 6 nitrogen and oxygen atoms in total. The van der Waals surface area contributed by atoms with E-state index in [0.29, 0.717) is 13.1 Å². The average molecular weight is 473 g/mol. The van der Waals surface area contributed by atoms with Crippen LogP contribution in [0.2, 0.25) is 0 Å². The zero-order chi connectivity index (χ0) is 23.0. The molecule has 3 rings (SSSR count).